The Kier molecular flexibility index (Phi) is 4.91. The molecule has 1 heterocycles. The van der Waals surface area contributed by atoms with E-state index < -0.39 is 0 Å². The molecule has 1 aromatic heterocycles. The summed E-state index contributed by atoms with van der Waals surface area (Å²) in [5, 5.41) is 3.42. The van der Waals surface area contributed by atoms with Gasteiger partial charge in [0.15, 0.2) is 0 Å². The van der Waals surface area contributed by atoms with Crippen LogP contribution in [-0.4, -0.2) is 12.0 Å². The standard InChI is InChI=1S/C18H24N2/c1-5-15-8-9-16(20-12-15)11-18(19-4)17-10-13(2)6-7-14(17)3/h6-10,12,18-19H,5,11H2,1-4H3. The van der Waals surface area contributed by atoms with Gasteiger partial charge in [-0.15, -0.1) is 0 Å². The van der Waals surface area contributed by atoms with Crippen LogP contribution in [0.1, 0.15) is 40.9 Å². The topological polar surface area (TPSA) is 24.9 Å². The van der Waals surface area contributed by atoms with Gasteiger partial charge in [0.1, 0.15) is 0 Å². The molecule has 0 bridgehead atoms. The summed E-state index contributed by atoms with van der Waals surface area (Å²) in [6, 6.07) is 11.3. The fraction of sp³-hybridized carbons (Fsp3) is 0.389. The fourth-order valence-electron chi connectivity index (χ4n) is 2.50. The van der Waals surface area contributed by atoms with Crippen molar-refractivity contribution in [3.8, 4) is 0 Å². The molecule has 0 amide bonds. The van der Waals surface area contributed by atoms with E-state index in [1.165, 1.54) is 22.3 Å². The highest BCUT2D eigenvalue weighted by Crippen LogP contribution is 2.22. The molecule has 2 aromatic rings. The molecule has 20 heavy (non-hydrogen) atoms. The van der Waals surface area contributed by atoms with E-state index in [-0.39, 0.29) is 0 Å². The van der Waals surface area contributed by atoms with Crippen LogP contribution in [0.5, 0.6) is 0 Å². The number of aryl methyl sites for hydroxylation is 3. The van der Waals surface area contributed by atoms with Crippen LogP contribution >= 0.6 is 0 Å². The normalized spacial score (nSPS) is 12.4. The van der Waals surface area contributed by atoms with Gasteiger partial charge in [-0.05, 0) is 50.1 Å². The minimum atomic E-state index is 0.315. The summed E-state index contributed by atoms with van der Waals surface area (Å²) in [5.74, 6) is 0. The zero-order valence-corrected chi connectivity index (χ0v) is 12.9. The lowest BCUT2D eigenvalue weighted by atomic mass is 9.95. The Morgan fingerprint density at radius 3 is 2.55 bits per heavy atom. The molecule has 2 heteroatoms. The third kappa shape index (κ3) is 3.45. The monoisotopic (exact) mass is 268 g/mol. The molecule has 0 radical (unpaired) electrons. The first-order valence-corrected chi connectivity index (χ1v) is 7.32. The molecule has 0 aliphatic rings. The highest BCUT2D eigenvalue weighted by Gasteiger charge is 2.13. The molecule has 0 fully saturated rings. The van der Waals surface area contributed by atoms with Crippen LogP contribution in [0.2, 0.25) is 0 Å². The van der Waals surface area contributed by atoms with Gasteiger partial charge >= 0.3 is 0 Å². The van der Waals surface area contributed by atoms with Crippen molar-refractivity contribution in [1.29, 1.82) is 0 Å². The van der Waals surface area contributed by atoms with E-state index in [1.807, 2.05) is 13.2 Å². The smallest absolute Gasteiger partial charge is 0.0422 e. The third-order valence-corrected chi connectivity index (χ3v) is 3.87. The maximum Gasteiger partial charge on any atom is 0.0422 e. The second-order valence-corrected chi connectivity index (χ2v) is 5.42. The first-order chi connectivity index (χ1) is 9.63. The van der Waals surface area contributed by atoms with Crippen molar-refractivity contribution >= 4 is 0 Å². The Labute approximate surface area is 122 Å². The van der Waals surface area contributed by atoms with Gasteiger partial charge in [-0.25, -0.2) is 0 Å². The lowest BCUT2D eigenvalue weighted by Gasteiger charge is -2.19. The average Bonchev–Trinajstić information content (AvgIpc) is 2.48. The Morgan fingerprint density at radius 1 is 1.15 bits per heavy atom. The van der Waals surface area contributed by atoms with Crippen LogP contribution in [0.4, 0.5) is 0 Å². The minimum absolute atomic E-state index is 0.315. The van der Waals surface area contributed by atoms with Crippen LogP contribution in [0.15, 0.2) is 36.5 Å². The van der Waals surface area contributed by atoms with E-state index in [1.54, 1.807) is 0 Å². The minimum Gasteiger partial charge on any atom is -0.313 e. The van der Waals surface area contributed by atoms with Gasteiger partial charge in [0.2, 0.25) is 0 Å². The number of nitrogens with zero attached hydrogens (tertiary/aromatic N) is 1. The van der Waals surface area contributed by atoms with Gasteiger partial charge in [-0.1, -0.05) is 36.8 Å². The number of aromatic nitrogens is 1. The maximum absolute atomic E-state index is 4.57. The second kappa shape index (κ2) is 6.67. The molecule has 1 atom stereocenters. The predicted octanol–water partition coefficient (Wildman–Crippen LogP) is 3.76. The SMILES string of the molecule is CCc1ccc(CC(NC)c2cc(C)ccc2C)nc1. The molecular weight excluding hydrogens is 244 g/mol. The molecule has 1 unspecified atom stereocenters. The Balaban J connectivity index is 2.21. The van der Waals surface area contributed by atoms with Crippen molar-refractivity contribution in [2.24, 2.45) is 0 Å². The summed E-state index contributed by atoms with van der Waals surface area (Å²) in [5.41, 5.74) is 6.44. The molecule has 0 saturated heterocycles. The number of rotatable bonds is 5. The van der Waals surface area contributed by atoms with Crippen molar-refractivity contribution in [2.45, 2.75) is 39.7 Å². The summed E-state index contributed by atoms with van der Waals surface area (Å²) in [6.07, 6.45) is 3.95. The number of hydrogen-bond donors (Lipinski definition) is 1. The van der Waals surface area contributed by atoms with Crippen molar-refractivity contribution < 1.29 is 0 Å². The van der Waals surface area contributed by atoms with E-state index in [4.69, 9.17) is 0 Å². The van der Waals surface area contributed by atoms with E-state index >= 15 is 0 Å². The highest BCUT2D eigenvalue weighted by atomic mass is 14.9. The van der Waals surface area contributed by atoms with Crippen LogP contribution in [0.3, 0.4) is 0 Å². The van der Waals surface area contributed by atoms with Gasteiger partial charge < -0.3 is 5.32 Å². The number of nitrogens with one attached hydrogen (secondary N) is 1. The molecule has 2 rings (SSSR count). The van der Waals surface area contributed by atoms with Crippen molar-refractivity contribution in [2.75, 3.05) is 7.05 Å². The maximum atomic E-state index is 4.57. The fourth-order valence-corrected chi connectivity index (χ4v) is 2.50. The van der Waals surface area contributed by atoms with Gasteiger partial charge in [0, 0.05) is 24.4 Å². The summed E-state index contributed by atoms with van der Waals surface area (Å²) in [4.78, 5) is 4.57. The lowest BCUT2D eigenvalue weighted by molar-refractivity contribution is 0.581. The summed E-state index contributed by atoms with van der Waals surface area (Å²) in [7, 11) is 2.02. The van der Waals surface area contributed by atoms with Gasteiger partial charge in [0.25, 0.3) is 0 Å². The number of pyridine rings is 1. The van der Waals surface area contributed by atoms with Crippen LogP contribution in [-0.2, 0) is 12.8 Å². The highest BCUT2D eigenvalue weighted by molar-refractivity contribution is 5.33. The zero-order chi connectivity index (χ0) is 14.5. The van der Waals surface area contributed by atoms with Crippen LogP contribution < -0.4 is 5.32 Å². The molecule has 106 valence electrons. The van der Waals surface area contributed by atoms with Crippen LogP contribution in [0, 0.1) is 13.8 Å². The Morgan fingerprint density at radius 2 is 1.95 bits per heavy atom. The number of benzene rings is 1. The molecule has 0 aliphatic heterocycles. The van der Waals surface area contributed by atoms with Crippen molar-refractivity contribution in [3.63, 3.8) is 0 Å². The summed E-state index contributed by atoms with van der Waals surface area (Å²) < 4.78 is 0. The first kappa shape index (κ1) is 14.7. The molecule has 0 aliphatic carbocycles. The zero-order valence-electron chi connectivity index (χ0n) is 12.9. The Bertz CT molecular complexity index is 558. The van der Waals surface area contributed by atoms with E-state index in [0.717, 1.165) is 18.5 Å². The van der Waals surface area contributed by atoms with Gasteiger partial charge in [0.05, 0.1) is 0 Å². The van der Waals surface area contributed by atoms with Gasteiger partial charge in [-0.2, -0.15) is 0 Å². The molecule has 1 N–H and O–H groups in total. The van der Waals surface area contributed by atoms with E-state index in [9.17, 15) is 0 Å². The largest absolute Gasteiger partial charge is 0.313 e. The molecule has 2 nitrogen and oxygen atoms in total. The third-order valence-electron chi connectivity index (χ3n) is 3.87. The lowest BCUT2D eigenvalue weighted by Crippen LogP contribution is -2.20. The molecule has 0 saturated carbocycles. The van der Waals surface area contributed by atoms with Crippen molar-refractivity contribution in [1.82, 2.24) is 10.3 Å². The quantitative estimate of drug-likeness (QED) is 0.893. The summed E-state index contributed by atoms with van der Waals surface area (Å²) in [6.45, 7) is 6.47. The summed E-state index contributed by atoms with van der Waals surface area (Å²) >= 11 is 0. The van der Waals surface area contributed by atoms with Gasteiger partial charge in [-0.3, -0.25) is 4.98 Å². The first-order valence-electron chi connectivity index (χ1n) is 7.32. The van der Waals surface area contributed by atoms with E-state index in [2.05, 4.69) is 61.4 Å². The van der Waals surface area contributed by atoms with Crippen LogP contribution in [0.25, 0.3) is 0 Å². The predicted molar refractivity (Wildman–Crippen MR) is 85.0 cm³/mol. The van der Waals surface area contributed by atoms with Crippen molar-refractivity contribution in [3.05, 3.63) is 64.5 Å². The molecular formula is C18H24N2. The second-order valence-electron chi connectivity index (χ2n) is 5.42. The average molecular weight is 268 g/mol. The van der Waals surface area contributed by atoms with E-state index in [0.29, 0.717) is 6.04 Å². The number of likely N-dealkylation sites (N-methyl/N-ethyl adjacent to an activating group) is 1. The number of hydrogen-bond acceptors (Lipinski definition) is 2. The molecule has 1 aromatic carbocycles. The Hall–Kier alpha value is -1.67. The molecule has 0 spiro atoms.